The number of sulfone groups is 1. The molecular formula is C12H15NO3S. The Labute approximate surface area is 101 Å². The van der Waals surface area contributed by atoms with Crippen LogP contribution in [0.4, 0.5) is 5.69 Å². The number of hydrogen-bond acceptors (Lipinski definition) is 4. The first-order chi connectivity index (χ1) is 8.05. The fourth-order valence-electron chi connectivity index (χ4n) is 2.35. The first kappa shape index (κ1) is 10.9. The second-order valence-electron chi connectivity index (χ2n) is 4.97. The van der Waals surface area contributed by atoms with E-state index in [-0.39, 0.29) is 11.2 Å². The van der Waals surface area contributed by atoms with E-state index < -0.39 is 9.84 Å². The summed E-state index contributed by atoms with van der Waals surface area (Å²) in [5, 5.41) is 3.25. The smallest absolute Gasteiger partial charge is 0.181 e. The number of ether oxygens (including phenoxy) is 1. The van der Waals surface area contributed by atoms with Crippen molar-refractivity contribution in [2.45, 2.75) is 17.7 Å². The Morgan fingerprint density at radius 3 is 2.76 bits per heavy atom. The fraction of sp³-hybridized carbons (Fsp3) is 0.500. The lowest BCUT2D eigenvalue weighted by atomic mass is 10.1. The first-order valence-corrected chi connectivity index (χ1v) is 7.35. The van der Waals surface area contributed by atoms with Gasteiger partial charge in [-0.25, -0.2) is 8.42 Å². The fourth-order valence-corrected chi connectivity index (χ4v) is 4.47. The van der Waals surface area contributed by atoms with Crippen LogP contribution in [0.3, 0.4) is 0 Å². The lowest BCUT2D eigenvalue weighted by Crippen LogP contribution is -2.20. The summed E-state index contributed by atoms with van der Waals surface area (Å²) in [6, 6.07) is 5.18. The van der Waals surface area contributed by atoms with Crippen molar-refractivity contribution >= 4 is 15.5 Å². The summed E-state index contributed by atoms with van der Waals surface area (Å²) in [5.74, 6) is 0.841. The molecule has 1 saturated carbocycles. The van der Waals surface area contributed by atoms with Crippen molar-refractivity contribution < 1.29 is 13.2 Å². The van der Waals surface area contributed by atoms with Gasteiger partial charge < -0.3 is 10.1 Å². The second-order valence-corrected chi connectivity index (χ2v) is 6.93. The molecule has 1 spiro atoms. The van der Waals surface area contributed by atoms with E-state index in [1.807, 2.05) is 0 Å². The van der Waals surface area contributed by atoms with Crippen LogP contribution < -0.4 is 10.1 Å². The molecule has 17 heavy (non-hydrogen) atoms. The maximum absolute atomic E-state index is 12.3. The Morgan fingerprint density at radius 2 is 2.12 bits per heavy atom. The highest BCUT2D eigenvalue weighted by molar-refractivity contribution is 7.91. The average molecular weight is 253 g/mol. The molecule has 3 rings (SSSR count). The highest BCUT2D eigenvalue weighted by Crippen LogP contribution is 2.50. The number of fused-ring (bicyclic) bond motifs is 1. The molecule has 4 nitrogen and oxygen atoms in total. The van der Waals surface area contributed by atoms with Gasteiger partial charge in [-0.15, -0.1) is 0 Å². The molecule has 0 bridgehead atoms. The molecule has 0 aromatic heterocycles. The van der Waals surface area contributed by atoms with Crippen LogP contribution in [0.5, 0.6) is 5.75 Å². The molecule has 1 fully saturated rings. The van der Waals surface area contributed by atoms with Gasteiger partial charge in [-0.3, -0.25) is 0 Å². The van der Waals surface area contributed by atoms with Crippen LogP contribution >= 0.6 is 0 Å². The minimum absolute atomic E-state index is 0.0227. The van der Waals surface area contributed by atoms with E-state index in [2.05, 4.69) is 5.32 Å². The maximum Gasteiger partial charge on any atom is 0.181 e. The highest BCUT2D eigenvalue weighted by Gasteiger charge is 2.48. The molecule has 0 radical (unpaired) electrons. The Morgan fingerprint density at radius 1 is 1.35 bits per heavy atom. The lowest BCUT2D eigenvalue weighted by Gasteiger charge is -2.09. The van der Waals surface area contributed by atoms with Gasteiger partial charge in [0.1, 0.15) is 5.75 Å². The van der Waals surface area contributed by atoms with Gasteiger partial charge in [0.2, 0.25) is 0 Å². The first-order valence-electron chi connectivity index (χ1n) is 5.69. The maximum atomic E-state index is 12.3. The van der Waals surface area contributed by atoms with Crippen molar-refractivity contribution in [3.63, 3.8) is 0 Å². The van der Waals surface area contributed by atoms with Crippen LogP contribution in [-0.4, -0.2) is 27.8 Å². The summed E-state index contributed by atoms with van der Waals surface area (Å²) >= 11 is 0. The monoisotopic (exact) mass is 253 g/mol. The van der Waals surface area contributed by atoms with Gasteiger partial charge in [0.15, 0.2) is 9.84 Å². The summed E-state index contributed by atoms with van der Waals surface area (Å²) in [7, 11) is -1.66. The molecule has 1 aliphatic heterocycles. The molecule has 0 amide bonds. The summed E-state index contributed by atoms with van der Waals surface area (Å²) in [6.07, 6.45) is 2.01. The van der Waals surface area contributed by atoms with E-state index in [1.165, 1.54) is 0 Å². The quantitative estimate of drug-likeness (QED) is 0.827. The second kappa shape index (κ2) is 3.38. The number of nitrogens with one attached hydrogen (secondary N) is 1. The SMILES string of the molecule is COc1ccc2c(c1)S(=O)(=O)CC1(CC1)CN2. The third-order valence-corrected chi connectivity index (χ3v) is 5.63. The third kappa shape index (κ3) is 1.78. The van der Waals surface area contributed by atoms with Crippen molar-refractivity contribution in [1.29, 1.82) is 0 Å². The van der Waals surface area contributed by atoms with E-state index in [1.54, 1.807) is 25.3 Å². The standard InChI is InChI=1S/C12H15NO3S/c1-16-9-2-3-10-11(6-9)17(14,15)8-12(4-5-12)7-13-10/h2-3,6,13H,4-5,7-8H2,1H3. The van der Waals surface area contributed by atoms with E-state index in [0.29, 0.717) is 16.3 Å². The van der Waals surface area contributed by atoms with E-state index in [0.717, 1.165) is 19.4 Å². The number of rotatable bonds is 1. The van der Waals surface area contributed by atoms with E-state index in [9.17, 15) is 8.42 Å². The van der Waals surface area contributed by atoms with Crippen LogP contribution in [0.15, 0.2) is 23.1 Å². The van der Waals surface area contributed by atoms with Crippen LogP contribution in [0, 0.1) is 5.41 Å². The zero-order valence-electron chi connectivity index (χ0n) is 9.69. The average Bonchev–Trinajstić information content (AvgIpc) is 3.06. The van der Waals surface area contributed by atoms with Gasteiger partial charge >= 0.3 is 0 Å². The molecule has 0 atom stereocenters. The van der Waals surface area contributed by atoms with Crippen LogP contribution in [-0.2, 0) is 9.84 Å². The van der Waals surface area contributed by atoms with Crippen molar-refractivity contribution in [1.82, 2.24) is 0 Å². The molecular weight excluding hydrogens is 238 g/mol. The molecule has 1 aliphatic carbocycles. The largest absolute Gasteiger partial charge is 0.497 e. The van der Waals surface area contributed by atoms with Gasteiger partial charge in [-0.2, -0.15) is 0 Å². The highest BCUT2D eigenvalue weighted by atomic mass is 32.2. The molecule has 5 heteroatoms. The van der Waals surface area contributed by atoms with Crippen LogP contribution in [0.25, 0.3) is 0 Å². The van der Waals surface area contributed by atoms with Crippen molar-refractivity contribution in [2.75, 3.05) is 24.7 Å². The Hall–Kier alpha value is -1.23. The third-order valence-electron chi connectivity index (χ3n) is 3.63. The number of hydrogen-bond donors (Lipinski definition) is 1. The van der Waals surface area contributed by atoms with E-state index in [4.69, 9.17) is 4.74 Å². The zero-order valence-corrected chi connectivity index (χ0v) is 10.5. The van der Waals surface area contributed by atoms with Gasteiger partial charge in [-0.1, -0.05) is 0 Å². The predicted octanol–water partition coefficient (Wildman–Crippen LogP) is 1.67. The van der Waals surface area contributed by atoms with Crippen LogP contribution in [0.2, 0.25) is 0 Å². The molecule has 1 aromatic carbocycles. The molecule has 2 aliphatic rings. The summed E-state index contributed by atoms with van der Waals surface area (Å²) in [4.78, 5) is 0.376. The topological polar surface area (TPSA) is 55.4 Å². The molecule has 1 aromatic rings. The molecule has 92 valence electrons. The van der Waals surface area contributed by atoms with Crippen molar-refractivity contribution in [2.24, 2.45) is 5.41 Å². The predicted molar refractivity (Wildman–Crippen MR) is 65.2 cm³/mol. The summed E-state index contributed by atoms with van der Waals surface area (Å²) in [6.45, 7) is 0.756. The Bertz CT molecular complexity index is 561. The number of benzene rings is 1. The molecule has 1 heterocycles. The van der Waals surface area contributed by atoms with Crippen molar-refractivity contribution in [3.05, 3.63) is 18.2 Å². The minimum atomic E-state index is -3.20. The zero-order chi connectivity index (χ0) is 12.1. The number of anilines is 1. The van der Waals surface area contributed by atoms with Gasteiger partial charge in [0.25, 0.3) is 0 Å². The Kier molecular flexibility index (Phi) is 2.17. The number of methoxy groups -OCH3 is 1. The van der Waals surface area contributed by atoms with Crippen molar-refractivity contribution in [3.8, 4) is 5.75 Å². The Balaban J connectivity index is 2.11. The molecule has 1 N–H and O–H groups in total. The molecule has 0 unspecified atom stereocenters. The lowest BCUT2D eigenvalue weighted by molar-refractivity contribution is 0.413. The van der Waals surface area contributed by atoms with Gasteiger partial charge in [-0.05, 0) is 25.0 Å². The van der Waals surface area contributed by atoms with Crippen LogP contribution in [0.1, 0.15) is 12.8 Å². The summed E-state index contributed by atoms with van der Waals surface area (Å²) < 4.78 is 29.7. The van der Waals surface area contributed by atoms with Gasteiger partial charge in [0, 0.05) is 18.0 Å². The minimum Gasteiger partial charge on any atom is -0.497 e. The van der Waals surface area contributed by atoms with Gasteiger partial charge in [0.05, 0.1) is 23.4 Å². The van der Waals surface area contributed by atoms with E-state index >= 15 is 0 Å². The molecule has 0 saturated heterocycles. The summed E-state index contributed by atoms with van der Waals surface area (Å²) in [5.41, 5.74) is 0.681. The normalized spacial score (nSPS) is 23.4.